The van der Waals surface area contributed by atoms with Gasteiger partial charge in [0.2, 0.25) is 0 Å². The van der Waals surface area contributed by atoms with Gasteiger partial charge in [-0.3, -0.25) is 0 Å². The van der Waals surface area contributed by atoms with E-state index in [1.54, 1.807) is 0 Å². The molecule has 1 fully saturated rings. The standard InChI is InChI=1S/C6H10Cl2/c1-5(2)3-6(7,8)4-5/h3-4H2,1-2H3. The quantitative estimate of drug-likeness (QED) is 0.469. The molecule has 2 heteroatoms. The van der Waals surface area contributed by atoms with Crippen LogP contribution in [0.25, 0.3) is 0 Å². The van der Waals surface area contributed by atoms with Gasteiger partial charge in [0.05, 0.1) is 0 Å². The lowest BCUT2D eigenvalue weighted by atomic mass is 9.71. The summed E-state index contributed by atoms with van der Waals surface area (Å²) in [6, 6.07) is 0. The summed E-state index contributed by atoms with van der Waals surface area (Å²) in [4.78, 5) is 0. The van der Waals surface area contributed by atoms with Crippen LogP contribution in [-0.2, 0) is 0 Å². The summed E-state index contributed by atoms with van der Waals surface area (Å²) in [5, 5.41) is 0. The lowest BCUT2D eigenvalue weighted by molar-refractivity contribution is 0.173. The molecule has 0 heterocycles. The van der Waals surface area contributed by atoms with Crippen molar-refractivity contribution in [3.63, 3.8) is 0 Å². The highest BCUT2D eigenvalue weighted by Gasteiger charge is 2.46. The van der Waals surface area contributed by atoms with Crippen LogP contribution in [-0.4, -0.2) is 4.33 Å². The zero-order chi connectivity index (χ0) is 6.41. The van der Waals surface area contributed by atoms with E-state index in [2.05, 4.69) is 13.8 Å². The van der Waals surface area contributed by atoms with E-state index in [0.717, 1.165) is 12.8 Å². The van der Waals surface area contributed by atoms with Gasteiger partial charge in [0.15, 0.2) is 0 Å². The molecule has 0 N–H and O–H groups in total. The summed E-state index contributed by atoms with van der Waals surface area (Å²) in [6.07, 6.45) is 1.87. The molecule has 0 aliphatic heterocycles. The molecular formula is C6H10Cl2. The number of halogens is 2. The Morgan fingerprint density at radius 2 is 1.50 bits per heavy atom. The van der Waals surface area contributed by atoms with E-state index in [1.807, 2.05) is 0 Å². The Morgan fingerprint density at radius 3 is 1.50 bits per heavy atom. The second-order valence-electron chi connectivity index (χ2n) is 3.37. The first-order valence-electron chi connectivity index (χ1n) is 2.79. The van der Waals surface area contributed by atoms with Crippen molar-refractivity contribution in [1.82, 2.24) is 0 Å². The molecule has 1 saturated carbocycles. The summed E-state index contributed by atoms with van der Waals surface area (Å²) in [7, 11) is 0. The Labute approximate surface area is 60.2 Å². The SMILES string of the molecule is CC1(C)CC(Cl)(Cl)C1. The molecule has 0 radical (unpaired) electrons. The first-order valence-corrected chi connectivity index (χ1v) is 3.55. The van der Waals surface area contributed by atoms with Crippen molar-refractivity contribution in [2.24, 2.45) is 5.41 Å². The molecule has 0 nitrogen and oxygen atoms in total. The van der Waals surface area contributed by atoms with E-state index >= 15 is 0 Å². The van der Waals surface area contributed by atoms with Crippen molar-refractivity contribution in [2.45, 2.75) is 31.0 Å². The topological polar surface area (TPSA) is 0 Å². The molecule has 0 saturated heterocycles. The molecule has 0 aromatic heterocycles. The van der Waals surface area contributed by atoms with E-state index in [1.165, 1.54) is 0 Å². The Balaban J connectivity index is 2.42. The second kappa shape index (κ2) is 1.54. The van der Waals surface area contributed by atoms with Gasteiger partial charge in [0.1, 0.15) is 4.33 Å². The van der Waals surface area contributed by atoms with Crippen LogP contribution < -0.4 is 0 Å². The van der Waals surface area contributed by atoms with E-state index in [0.29, 0.717) is 5.41 Å². The molecule has 0 aromatic rings. The van der Waals surface area contributed by atoms with Gasteiger partial charge in [-0.15, -0.1) is 23.2 Å². The molecule has 0 spiro atoms. The van der Waals surface area contributed by atoms with Gasteiger partial charge in [-0.25, -0.2) is 0 Å². The number of hydrogen-bond donors (Lipinski definition) is 0. The molecule has 1 rings (SSSR count). The Hall–Kier alpha value is 0.580. The maximum Gasteiger partial charge on any atom is 0.119 e. The largest absolute Gasteiger partial charge is 0.119 e. The molecule has 1 aliphatic carbocycles. The zero-order valence-corrected chi connectivity index (χ0v) is 6.68. The van der Waals surface area contributed by atoms with E-state index in [9.17, 15) is 0 Å². The third-order valence-electron chi connectivity index (χ3n) is 1.47. The molecule has 0 unspecified atom stereocenters. The first-order chi connectivity index (χ1) is 3.41. The normalized spacial score (nSPS) is 31.5. The first kappa shape index (κ1) is 6.70. The van der Waals surface area contributed by atoms with Crippen molar-refractivity contribution in [3.8, 4) is 0 Å². The fraction of sp³-hybridized carbons (Fsp3) is 1.00. The monoisotopic (exact) mass is 152 g/mol. The van der Waals surface area contributed by atoms with Gasteiger partial charge < -0.3 is 0 Å². The number of rotatable bonds is 0. The fourth-order valence-electron chi connectivity index (χ4n) is 1.35. The highest BCUT2D eigenvalue weighted by atomic mass is 35.5. The van der Waals surface area contributed by atoms with E-state index in [4.69, 9.17) is 23.2 Å². The van der Waals surface area contributed by atoms with Crippen LogP contribution in [0, 0.1) is 5.41 Å². The summed E-state index contributed by atoms with van der Waals surface area (Å²) in [5.41, 5.74) is 0.392. The van der Waals surface area contributed by atoms with Gasteiger partial charge in [0.25, 0.3) is 0 Å². The summed E-state index contributed by atoms with van der Waals surface area (Å²) >= 11 is 11.5. The van der Waals surface area contributed by atoms with Crippen molar-refractivity contribution in [1.29, 1.82) is 0 Å². The minimum absolute atomic E-state index is 0.392. The van der Waals surface area contributed by atoms with E-state index < -0.39 is 4.33 Å². The average Bonchev–Trinajstić information content (AvgIpc) is 1.20. The summed E-state index contributed by atoms with van der Waals surface area (Å²) in [5.74, 6) is 0. The van der Waals surface area contributed by atoms with E-state index in [-0.39, 0.29) is 0 Å². The molecular weight excluding hydrogens is 143 g/mol. The van der Waals surface area contributed by atoms with Crippen LogP contribution in [0.5, 0.6) is 0 Å². The maximum atomic E-state index is 5.75. The van der Waals surface area contributed by atoms with Crippen LogP contribution in [0.3, 0.4) is 0 Å². The van der Waals surface area contributed by atoms with Crippen molar-refractivity contribution < 1.29 is 0 Å². The molecule has 0 bridgehead atoms. The van der Waals surface area contributed by atoms with Crippen LogP contribution in [0.4, 0.5) is 0 Å². The van der Waals surface area contributed by atoms with Crippen LogP contribution in [0.15, 0.2) is 0 Å². The van der Waals surface area contributed by atoms with Gasteiger partial charge in [-0.05, 0) is 18.3 Å². The molecule has 8 heavy (non-hydrogen) atoms. The average molecular weight is 153 g/mol. The fourth-order valence-corrected chi connectivity index (χ4v) is 2.80. The highest BCUT2D eigenvalue weighted by Crippen LogP contribution is 2.54. The lowest BCUT2D eigenvalue weighted by Crippen LogP contribution is -2.39. The Morgan fingerprint density at radius 1 is 1.12 bits per heavy atom. The van der Waals surface area contributed by atoms with Crippen molar-refractivity contribution in [2.75, 3.05) is 0 Å². The molecule has 0 atom stereocenters. The predicted molar refractivity (Wildman–Crippen MR) is 37.5 cm³/mol. The number of hydrogen-bond acceptors (Lipinski definition) is 0. The summed E-state index contributed by atoms with van der Waals surface area (Å²) < 4.78 is -0.399. The van der Waals surface area contributed by atoms with Crippen molar-refractivity contribution >= 4 is 23.2 Å². The van der Waals surface area contributed by atoms with Gasteiger partial charge in [0, 0.05) is 0 Å². The highest BCUT2D eigenvalue weighted by molar-refractivity contribution is 6.49. The lowest BCUT2D eigenvalue weighted by Gasteiger charge is -2.45. The molecule has 1 aliphatic rings. The Bertz CT molecular complexity index is 83.1. The van der Waals surface area contributed by atoms with Crippen LogP contribution in [0.2, 0.25) is 0 Å². The van der Waals surface area contributed by atoms with Crippen molar-refractivity contribution in [3.05, 3.63) is 0 Å². The minimum atomic E-state index is -0.399. The number of alkyl halides is 2. The third-order valence-corrected chi connectivity index (χ3v) is 2.01. The smallest absolute Gasteiger partial charge is 0.102 e. The maximum absolute atomic E-state index is 5.75. The molecule has 48 valence electrons. The minimum Gasteiger partial charge on any atom is -0.102 e. The molecule has 0 aromatic carbocycles. The third kappa shape index (κ3) is 1.29. The van der Waals surface area contributed by atoms with Gasteiger partial charge >= 0.3 is 0 Å². The van der Waals surface area contributed by atoms with Gasteiger partial charge in [-0.1, -0.05) is 13.8 Å². The molecule has 0 amide bonds. The predicted octanol–water partition coefficient (Wildman–Crippen LogP) is 2.98. The van der Waals surface area contributed by atoms with Crippen LogP contribution >= 0.6 is 23.2 Å². The second-order valence-corrected chi connectivity index (χ2v) is 5.01. The zero-order valence-electron chi connectivity index (χ0n) is 5.17. The van der Waals surface area contributed by atoms with Gasteiger partial charge in [-0.2, -0.15) is 0 Å². The van der Waals surface area contributed by atoms with Crippen LogP contribution in [0.1, 0.15) is 26.7 Å². The summed E-state index contributed by atoms with van der Waals surface area (Å²) in [6.45, 7) is 4.35. The Kier molecular flexibility index (Phi) is 1.29.